The molecule has 4 aliphatic heterocycles. The summed E-state index contributed by atoms with van der Waals surface area (Å²) < 4.78 is 35.8. The average molecular weight is 1240 g/mol. The van der Waals surface area contributed by atoms with Crippen LogP contribution in [0.15, 0.2) is 0 Å². The number of nitrogens with one attached hydrogen (secondary N) is 3. The number of imide groups is 1. The highest BCUT2D eigenvalue weighted by atomic mass is 16.6. The summed E-state index contributed by atoms with van der Waals surface area (Å²) in [6.07, 6.45) is 18.4. The SMILES string of the molecule is CCCCC(CC)COCC(CN1CC1C)OC(=O)NCCCCCCN1C(=O)N(CCCCCCNC(=O)OC(COCC(CC)CCCC)CN2CC2C)C(O)N(CCCCCCNC(=O)OC(COCC(CC)CCCC)CN2CC2C)C1=O. The number of carbonyl (C=O) groups excluding carboxylic acids is 5. The lowest BCUT2D eigenvalue weighted by atomic mass is 10.0. The second-order valence-corrected chi connectivity index (χ2v) is 25.8. The van der Waals surface area contributed by atoms with E-state index in [0.717, 1.165) is 116 Å². The maximum Gasteiger partial charge on any atom is 0.407 e. The smallest absolute Gasteiger partial charge is 0.407 e. The summed E-state index contributed by atoms with van der Waals surface area (Å²) in [5.41, 5.74) is 0. The van der Waals surface area contributed by atoms with Gasteiger partial charge in [0.15, 0.2) is 0 Å². The molecule has 7 amide bonds. The number of hydrogen-bond acceptors (Lipinski definition) is 15. The van der Waals surface area contributed by atoms with E-state index in [1.807, 2.05) is 0 Å². The Morgan fingerprint density at radius 1 is 0.437 bits per heavy atom. The molecular weight excluding hydrogens is 1110 g/mol. The Kier molecular flexibility index (Phi) is 38.9. The first kappa shape index (κ1) is 75.7. The van der Waals surface area contributed by atoms with Crippen molar-refractivity contribution in [3.05, 3.63) is 0 Å². The predicted molar refractivity (Wildman–Crippen MR) is 343 cm³/mol. The van der Waals surface area contributed by atoms with E-state index >= 15 is 0 Å². The van der Waals surface area contributed by atoms with E-state index in [9.17, 15) is 29.1 Å². The Balaban J connectivity index is 1.22. The lowest BCUT2D eigenvalue weighted by molar-refractivity contribution is -0.0938. The van der Waals surface area contributed by atoms with Crippen molar-refractivity contribution in [1.29, 1.82) is 0 Å². The summed E-state index contributed by atoms with van der Waals surface area (Å²) >= 11 is 0. The molecule has 4 rings (SSSR count). The molecule has 4 saturated heterocycles. The van der Waals surface area contributed by atoms with Gasteiger partial charge < -0.3 is 49.5 Å². The van der Waals surface area contributed by atoms with Gasteiger partial charge in [0.1, 0.15) is 18.3 Å². The second kappa shape index (κ2) is 44.7. The number of amides is 7. The van der Waals surface area contributed by atoms with Crippen LogP contribution in [0.2, 0.25) is 0 Å². The van der Waals surface area contributed by atoms with Crippen LogP contribution in [0, 0.1) is 17.8 Å². The van der Waals surface area contributed by atoms with Crippen LogP contribution in [0.1, 0.15) is 216 Å². The van der Waals surface area contributed by atoms with Crippen LogP contribution < -0.4 is 16.0 Å². The number of unbranched alkanes of at least 4 members (excludes halogenated alkanes) is 12. The minimum Gasteiger partial charge on any atom is -0.442 e. The van der Waals surface area contributed by atoms with Crippen molar-refractivity contribution in [3.8, 4) is 0 Å². The number of nitrogens with zero attached hydrogens (tertiary/aromatic N) is 6. The van der Waals surface area contributed by atoms with Crippen molar-refractivity contribution >= 4 is 30.3 Å². The predicted octanol–water partition coefficient (Wildman–Crippen LogP) is 11.2. The van der Waals surface area contributed by atoms with Gasteiger partial charge in [0.2, 0.25) is 6.35 Å². The number of rotatable bonds is 54. The van der Waals surface area contributed by atoms with Crippen LogP contribution in [-0.2, 0) is 28.4 Å². The van der Waals surface area contributed by atoms with Crippen LogP contribution >= 0.6 is 0 Å². The van der Waals surface area contributed by atoms with Gasteiger partial charge in [-0.2, -0.15) is 0 Å². The highest BCUT2D eigenvalue weighted by Crippen LogP contribution is 2.24. The van der Waals surface area contributed by atoms with Gasteiger partial charge in [-0.3, -0.25) is 24.5 Å². The minimum atomic E-state index is -1.40. The molecular formula is C66H125N9O12. The maximum atomic E-state index is 14.0. The van der Waals surface area contributed by atoms with E-state index in [4.69, 9.17) is 28.4 Å². The molecule has 87 heavy (non-hydrogen) atoms. The summed E-state index contributed by atoms with van der Waals surface area (Å²) in [5.74, 6) is 1.53. The number of aliphatic hydroxyl groups excluding tert-OH is 1. The number of carbonyl (C=O) groups is 5. The molecule has 4 N–H and O–H groups in total. The fraction of sp³-hybridized carbons (Fsp3) is 0.924. The molecule has 0 aliphatic carbocycles. The standard InChI is InChI=1S/C66H125N9O12/c1-10-16-31-55(13-4)46-82-49-58(43-70-40-52(70)7)85-61(76)67-34-25-19-22-28-37-73-64(79)74(38-29-23-20-26-35-68-62(77)86-59(44-71-41-53(71)8)50-83-47-56(14-5)32-17-11-2)66(81)75(65(73)80)39-30-24-21-27-36-69-63(78)87-60(45-72-42-54(72)9)51-84-48-57(15-6)33-18-12-3/h52-60,64,79H,10-51H2,1-9H3,(H,67,76)(H,68,77)(H,69,78). The van der Waals surface area contributed by atoms with Crippen LogP contribution in [0.25, 0.3) is 0 Å². The molecule has 0 radical (unpaired) electrons. The van der Waals surface area contributed by atoms with Crippen LogP contribution in [0.5, 0.6) is 0 Å². The van der Waals surface area contributed by atoms with Crippen molar-refractivity contribution in [1.82, 2.24) is 45.3 Å². The molecule has 12 atom stereocenters. The zero-order valence-corrected chi connectivity index (χ0v) is 56.1. The Hall–Kier alpha value is -3.73. The van der Waals surface area contributed by atoms with Gasteiger partial charge in [-0.05, 0) is 96.3 Å². The van der Waals surface area contributed by atoms with E-state index in [-0.39, 0.29) is 37.9 Å². The molecule has 0 spiro atoms. The fourth-order valence-electron chi connectivity index (χ4n) is 11.4. The zero-order chi connectivity index (χ0) is 63.2. The maximum absolute atomic E-state index is 14.0. The van der Waals surface area contributed by atoms with E-state index in [0.29, 0.717) is 153 Å². The third-order valence-electron chi connectivity index (χ3n) is 18.0. The minimum absolute atomic E-state index is 0.203. The molecule has 21 nitrogen and oxygen atoms in total. The number of ether oxygens (including phenoxy) is 6. The van der Waals surface area contributed by atoms with E-state index < -0.39 is 36.7 Å². The summed E-state index contributed by atoms with van der Waals surface area (Å²) in [5, 5.41) is 20.4. The number of hydrogen-bond donors (Lipinski definition) is 4. The highest BCUT2D eigenvalue weighted by molar-refractivity contribution is 5.96. The summed E-state index contributed by atoms with van der Waals surface area (Å²) in [6, 6.07) is 0.447. The lowest BCUT2D eigenvalue weighted by Gasteiger charge is -2.44. The van der Waals surface area contributed by atoms with E-state index in [1.165, 1.54) is 34.0 Å². The summed E-state index contributed by atoms with van der Waals surface area (Å²) in [4.78, 5) is 77.8. The zero-order valence-electron chi connectivity index (χ0n) is 56.1. The van der Waals surface area contributed by atoms with Gasteiger partial charge in [0.25, 0.3) is 0 Å². The molecule has 4 fully saturated rings. The van der Waals surface area contributed by atoms with Gasteiger partial charge in [-0.25, -0.2) is 28.9 Å². The molecule has 4 heterocycles. The first-order valence-electron chi connectivity index (χ1n) is 35.0. The Labute approximate surface area is 526 Å². The van der Waals surface area contributed by atoms with E-state index in [2.05, 4.69) is 93.0 Å². The van der Waals surface area contributed by atoms with Gasteiger partial charge in [-0.1, -0.05) is 138 Å². The van der Waals surface area contributed by atoms with Crippen LogP contribution in [0.4, 0.5) is 24.0 Å². The molecule has 0 aromatic heterocycles. The highest BCUT2D eigenvalue weighted by Gasteiger charge is 2.43. The topological polar surface area (TPSA) is 216 Å². The average Bonchev–Trinajstić information content (AvgIpc) is 2.30. The van der Waals surface area contributed by atoms with Gasteiger partial charge in [0.05, 0.1) is 19.8 Å². The third-order valence-corrected chi connectivity index (χ3v) is 18.0. The van der Waals surface area contributed by atoms with E-state index in [1.54, 1.807) is 0 Å². The first-order chi connectivity index (χ1) is 42.1. The Bertz CT molecular complexity index is 1790. The van der Waals surface area contributed by atoms with Crippen molar-refractivity contribution < 1.29 is 57.5 Å². The van der Waals surface area contributed by atoms with Gasteiger partial charge in [-0.15, -0.1) is 0 Å². The third kappa shape index (κ3) is 32.2. The number of urea groups is 2. The quantitative estimate of drug-likeness (QED) is 0.0253. The largest absolute Gasteiger partial charge is 0.442 e. The van der Waals surface area contributed by atoms with Crippen molar-refractivity contribution in [2.75, 3.05) is 118 Å². The Morgan fingerprint density at radius 2 is 0.724 bits per heavy atom. The molecule has 0 saturated carbocycles. The molecule has 0 aromatic rings. The second-order valence-electron chi connectivity index (χ2n) is 25.8. The van der Waals surface area contributed by atoms with Crippen molar-refractivity contribution in [3.63, 3.8) is 0 Å². The first-order valence-corrected chi connectivity index (χ1v) is 35.0. The monoisotopic (exact) mass is 1240 g/mol. The Morgan fingerprint density at radius 3 is 1.00 bits per heavy atom. The fourth-order valence-corrected chi connectivity index (χ4v) is 11.4. The molecule has 0 bridgehead atoms. The van der Waals surface area contributed by atoms with Crippen LogP contribution in [0.3, 0.4) is 0 Å². The lowest BCUT2D eigenvalue weighted by Crippen LogP contribution is -2.66. The van der Waals surface area contributed by atoms with Gasteiger partial charge in [0, 0.05) is 116 Å². The summed E-state index contributed by atoms with van der Waals surface area (Å²) in [7, 11) is 0. The summed E-state index contributed by atoms with van der Waals surface area (Å²) in [6.45, 7) is 29.8. The molecule has 4 aliphatic rings. The normalized spacial score (nSPS) is 22.7. The van der Waals surface area contributed by atoms with Crippen molar-refractivity contribution in [2.24, 2.45) is 17.8 Å². The van der Waals surface area contributed by atoms with Crippen molar-refractivity contribution in [2.45, 2.75) is 259 Å². The molecule has 0 aromatic carbocycles. The molecule has 21 heteroatoms. The number of aliphatic hydroxyl groups is 1. The molecule has 12 unspecified atom stereocenters. The number of alkyl carbamates (subject to hydrolysis) is 3. The van der Waals surface area contributed by atoms with Gasteiger partial charge >= 0.3 is 30.3 Å². The molecule has 506 valence electrons. The van der Waals surface area contributed by atoms with Crippen LogP contribution in [-0.4, -0.2) is 226 Å².